The highest BCUT2D eigenvalue weighted by Gasteiger charge is 2.14. The fourth-order valence-electron chi connectivity index (χ4n) is 2.78. The van der Waals surface area contributed by atoms with E-state index in [0.29, 0.717) is 5.92 Å². The average molecular weight is 345 g/mol. The zero-order chi connectivity index (χ0) is 18.4. The lowest BCUT2D eigenvalue weighted by molar-refractivity contribution is 0.242. The molecule has 5 heteroatoms. The lowest BCUT2D eigenvalue weighted by Gasteiger charge is -2.17. The summed E-state index contributed by atoms with van der Waals surface area (Å²) in [6, 6.07) is 6.51. The van der Waals surface area contributed by atoms with Gasteiger partial charge in [-0.2, -0.15) is 5.10 Å². The van der Waals surface area contributed by atoms with Crippen molar-refractivity contribution < 1.29 is 4.74 Å². The van der Waals surface area contributed by atoms with E-state index in [1.54, 1.807) is 0 Å². The normalized spacial score (nSPS) is 11.7. The molecule has 0 bridgehead atoms. The van der Waals surface area contributed by atoms with Gasteiger partial charge in [-0.3, -0.25) is 10.00 Å². The molecule has 1 heterocycles. The van der Waals surface area contributed by atoms with Crippen LogP contribution in [-0.4, -0.2) is 48.4 Å². The van der Waals surface area contributed by atoms with Crippen LogP contribution in [0.3, 0.4) is 0 Å². The van der Waals surface area contributed by atoms with Crippen LogP contribution >= 0.6 is 0 Å². The van der Waals surface area contributed by atoms with Crippen LogP contribution in [0, 0.1) is 0 Å². The van der Waals surface area contributed by atoms with Gasteiger partial charge in [-0.25, -0.2) is 0 Å². The van der Waals surface area contributed by atoms with Gasteiger partial charge in [-0.05, 0) is 57.1 Å². The van der Waals surface area contributed by atoms with Gasteiger partial charge in [-0.15, -0.1) is 0 Å². The van der Waals surface area contributed by atoms with Crippen LogP contribution in [0.15, 0.2) is 24.4 Å². The van der Waals surface area contributed by atoms with Crippen LogP contribution in [0.1, 0.15) is 44.9 Å². The van der Waals surface area contributed by atoms with Gasteiger partial charge in [0.05, 0.1) is 11.8 Å². The molecule has 0 saturated carbocycles. The Balaban J connectivity index is 2.31. The molecule has 0 spiro atoms. The first kappa shape index (κ1) is 19.5. The molecular formula is C20H32N4O. The van der Waals surface area contributed by atoms with E-state index in [9.17, 15) is 0 Å². The molecule has 1 aromatic heterocycles. The van der Waals surface area contributed by atoms with Gasteiger partial charge in [-0.1, -0.05) is 19.9 Å². The number of ether oxygens (including phenoxy) is 1. The first-order valence-electron chi connectivity index (χ1n) is 9.08. The summed E-state index contributed by atoms with van der Waals surface area (Å²) >= 11 is 0. The Morgan fingerprint density at radius 3 is 2.60 bits per heavy atom. The maximum Gasteiger partial charge on any atom is 0.120 e. The Bertz CT molecular complexity index is 663. The summed E-state index contributed by atoms with van der Waals surface area (Å²) < 4.78 is 5.97. The second-order valence-electron chi connectivity index (χ2n) is 7.20. The van der Waals surface area contributed by atoms with Crippen molar-refractivity contribution in [3.8, 4) is 16.9 Å². The molecule has 2 aromatic rings. The van der Waals surface area contributed by atoms with Crippen LogP contribution in [0.4, 0.5) is 0 Å². The van der Waals surface area contributed by atoms with Gasteiger partial charge in [0.15, 0.2) is 0 Å². The van der Waals surface area contributed by atoms with Gasteiger partial charge >= 0.3 is 0 Å². The highest BCUT2D eigenvalue weighted by molar-refractivity contribution is 5.68. The molecule has 2 N–H and O–H groups in total. The lowest BCUT2D eigenvalue weighted by Crippen LogP contribution is -2.27. The van der Waals surface area contributed by atoms with Crippen molar-refractivity contribution in [3.63, 3.8) is 0 Å². The maximum absolute atomic E-state index is 5.97. The molecule has 0 aliphatic carbocycles. The van der Waals surface area contributed by atoms with Gasteiger partial charge in [0, 0.05) is 31.4 Å². The van der Waals surface area contributed by atoms with Gasteiger partial charge in [0.25, 0.3) is 0 Å². The zero-order valence-corrected chi connectivity index (χ0v) is 16.4. The third-order valence-electron chi connectivity index (χ3n) is 4.16. The standard InChI is InChI=1S/C20H32N4O/c1-14(2)16-9-17(11-18(10-16)25-15(3)4)19-12-22-23-20(19)13-24(6)8-7-21-5/h9-12,14-15,21H,7-8,13H2,1-6H3,(H,22,23). The topological polar surface area (TPSA) is 53.2 Å². The first-order chi connectivity index (χ1) is 11.9. The lowest BCUT2D eigenvalue weighted by atomic mass is 9.97. The SMILES string of the molecule is CNCCN(C)Cc1n[nH]cc1-c1cc(OC(C)C)cc(C(C)C)c1. The molecule has 0 aliphatic rings. The Kier molecular flexibility index (Phi) is 7.02. The Morgan fingerprint density at radius 1 is 1.20 bits per heavy atom. The molecule has 0 atom stereocenters. The fourth-order valence-corrected chi connectivity index (χ4v) is 2.78. The van der Waals surface area contributed by atoms with Gasteiger partial charge in [0.2, 0.25) is 0 Å². The van der Waals surface area contributed by atoms with Crippen molar-refractivity contribution in [3.05, 3.63) is 35.7 Å². The summed E-state index contributed by atoms with van der Waals surface area (Å²) in [6.45, 7) is 11.3. The molecule has 0 fully saturated rings. The van der Waals surface area contributed by atoms with Crippen molar-refractivity contribution in [2.24, 2.45) is 0 Å². The van der Waals surface area contributed by atoms with E-state index in [1.807, 2.05) is 13.2 Å². The number of aromatic amines is 1. The van der Waals surface area contributed by atoms with E-state index in [2.05, 4.69) is 73.4 Å². The van der Waals surface area contributed by atoms with Crippen LogP contribution in [0.2, 0.25) is 0 Å². The smallest absolute Gasteiger partial charge is 0.120 e. The predicted octanol–water partition coefficient (Wildman–Crippen LogP) is 3.64. The summed E-state index contributed by atoms with van der Waals surface area (Å²) in [5.41, 5.74) is 4.65. The van der Waals surface area contributed by atoms with Crippen molar-refractivity contribution in [2.75, 3.05) is 27.2 Å². The minimum Gasteiger partial charge on any atom is -0.491 e. The molecule has 138 valence electrons. The van der Waals surface area contributed by atoms with Crippen molar-refractivity contribution in [2.45, 2.75) is 46.3 Å². The Hall–Kier alpha value is -1.85. The van der Waals surface area contributed by atoms with Crippen LogP contribution in [0.5, 0.6) is 5.75 Å². The molecule has 0 unspecified atom stereocenters. The molecule has 2 rings (SSSR count). The maximum atomic E-state index is 5.97. The van der Waals surface area contributed by atoms with E-state index in [-0.39, 0.29) is 6.10 Å². The number of rotatable bonds is 9. The van der Waals surface area contributed by atoms with Crippen molar-refractivity contribution in [1.29, 1.82) is 0 Å². The number of hydrogen-bond donors (Lipinski definition) is 2. The zero-order valence-electron chi connectivity index (χ0n) is 16.4. The summed E-state index contributed by atoms with van der Waals surface area (Å²) in [7, 11) is 4.09. The minimum atomic E-state index is 0.159. The number of likely N-dealkylation sites (N-methyl/N-ethyl adjacent to an activating group) is 2. The van der Waals surface area contributed by atoms with Crippen molar-refractivity contribution in [1.82, 2.24) is 20.4 Å². The first-order valence-corrected chi connectivity index (χ1v) is 9.08. The molecule has 25 heavy (non-hydrogen) atoms. The number of nitrogens with one attached hydrogen (secondary N) is 2. The predicted molar refractivity (Wildman–Crippen MR) is 104 cm³/mol. The monoisotopic (exact) mass is 344 g/mol. The summed E-state index contributed by atoms with van der Waals surface area (Å²) in [4.78, 5) is 2.27. The third kappa shape index (κ3) is 5.58. The van der Waals surface area contributed by atoms with E-state index < -0.39 is 0 Å². The largest absolute Gasteiger partial charge is 0.491 e. The van der Waals surface area contributed by atoms with Crippen molar-refractivity contribution >= 4 is 0 Å². The molecule has 0 radical (unpaired) electrons. The third-order valence-corrected chi connectivity index (χ3v) is 4.16. The van der Waals surface area contributed by atoms with Gasteiger partial charge in [0.1, 0.15) is 5.75 Å². The number of hydrogen-bond acceptors (Lipinski definition) is 4. The van der Waals surface area contributed by atoms with Crippen LogP contribution in [-0.2, 0) is 6.54 Å². The van der Waals surface area contributed by atoms with Crippen LogP contribution < -0.4 is 10.1 Å². The van der Waals surface area contributed by atoms with E-state index in [4.69, 9.17) is 4.74 Å². The number of H-pyrrole nitrogens is 1. The summed E-state index contributed by atoms with van der Waals surface area (Å²) in [6.07, 6.45) is 2.14. The Labute approximate surface area is 151 Å². The second kappa shape index (κ2) is 9.02. The minimum absolute atomic E-state index is 0.159. The molecular weight excluding hydrogens is 312 g/mol. The number of aromatic nitrogens is 2. The number of benzene rings is 1. The molecule has 1 aromatic carbocycles. The highest BCUT2D eigenvalue weighted by Crippen LogP contribution is 2.31. The molecule has 0 amide bonds. The molecule has 0 aliphatic heterocycles. The Morgan fingerprint density at radius 2 is 1.96 bits per heavy atom. The second-order valence-corrected chi connectivity index (χ2v) is 7.20. The molecule has 0 saturated heterocycles. The van der Waals surface area contributed by atoms with E-state index in [0.717, 1.165) is 42.2 Å². The van der Waals surface area contributed by atoms with Crippen LogP contribution in [0.25, 0.3) is 11.1 Å². The summed E-state index contributed by atoms with van der Waals surface area (Å²) in [5.74, 6) is 1.37. The summed E-state index contributed by atoms with van der Waals surface area (Å²) in [5, 5.41) is 10.7. The number of nitrogens with zero attached hydrogens (tertiary/aromatic N) is 2. The quantitative estimate of drug-likeness (QED) is 0.729. The average Bonchev–Trinajstić information content (AvgIpc) is 3.00. The van der Waals surface area contributed by atoms with E-state index >= 15 is 0 Å². The highest BCUT2D eigenvalue weighted by atomic mass is 16.5. The molecule has 5 nitrogen and oxygen atoms in total. The fraction of sp³-hybridized carbons (Fsp3) is 0.550. The van der Waals surface area contributed by atoms with Gasteiger partial charge < -0.3 is 10.1 Å². The van der Waals surface area contributed by atoms with E-state index in [1.165, 1.54) is 5.56 Å².